The molecule has 1 aliphatic rings. The summed E-state index contributed by atoms with van der Waals surface area (Å²) in [6, 6.07) is 0.0962. The number of allylic oxidation sites excluding steroid dienone is 1. The van der Waals surface area contributed by atoms with Gasteiger partial charge in [-0.25, -0.2) is 0 Å². The van der Waals surface area contributed by atoms with E-state index in [1.165, 1.54) is 6.92 Å². The Balaban J connectivity index is 2.38. The second kappa shape index (κ2) is 8.45. The van der Waals surface area contributed by atoms with Crippen molar-refractivity contribution in [2.24, 2.45) is 11.0 Å². The fourth-order valence-electron chi connectivity index (χ4n) is 2.19. The minimum atomic E-state index is -0.342. The van der Waals surface area contributed by atoms with Gasteiger partial charge >= 0.3 is 5.97 Å². The lowest BCUT2D eigenvalue weighted by Gasteiger charge is -2.26. The Morgan fingerprint density at radius 1 is 1.58 bits per heavy atom. The van der Waals surface area contributed by atoms with Gasteiger partial charge in [-0.2, -0.15) is 5.10 Å². The van der Waals surface area contributed by atoms with Gasteiger partial charge in [-0.05, 0) is 38.5 Å². The number of esters is 1. The zero-order valence-corrected chi connectivity index (χ0v) is 11.4. The summed E-state index contributed by atoms with van der Waals surface area (Å²) in [5, 5.41) is 3.72. The van der Waals surface area contributed by atoms with E-state index in [0.717, 1.165) is 19.3 Å². The van der Waals surface area contributed by atoms with Gasteiger partial charge < -0.3 is 10.2 Å². The van der Waals surface area contributed by atoms with Gasteiger partial charge in [0.2, 0.25) is 0 Å². The molecule has 0 spiro atoms. The summed E-state index contributed by atoms with van der Waals surface area (Å²) in [5.74, 6) is -0.114. The summed E-state index contributed by atoms with van der Waals surface area (Å²) in [4.78, 5) is 22.2. The van der Waals surface area contributed by atoms with Crippen molar-refractivity contribution in [2.45, 2.75) is 45.1 Å². The normalized spacial score (nSPS) is 19.5. The van der Waals surface area contributed by atoms with Crippen molar-refractivity contribution in [3.05, 3.63) is 12.2 Å². The van der Waals surface area contributed by atoms with Gasteiger partial charge in [0.05, 0.1) is 6.04 Å². The van der Waals surface area contributed by atoms with Crippen LogP contribution in [0.25, 0.3) is 0 Å². The predicted molar refractivity (Wildman–Crippen MR) is 73.8 cm³/mol. The van der Waals surface area contributed by atoms with E-state index >= 15 is 0 Å². The number of hydrogen-bond donors (Lipinski definition) is 1. The lowest BCUT2D eigenvalue weighted by molar-refractivity contribution is -0.147. The van der Waals surface area contributed by atoms with E-state index in [0.29, 0.717) is 12.3 Å². The van der Waals surface area contributed by atoms with Crippen LogP contribution in [0.3, 0.4) is 0 Å². The molecule has 0 amide bonds. The standard InChI is InChI=1S/C14H22N2O3/c1-11(17)10-19-14(18)9-8-13(16-15-2)12-6-4-3-5-7-12/h4,6,12-13,16H,2-3,5,7-10H2,1H3. The molecule has 5 heteroatoms. The van der Waals surface area contributed by atoms with Crippen LogP contribution in [0.1, 0.15) is 39.0 Å². The quantitative estimate of drug-likeness (QED) is 0.315. The average Bonchev–Trinajstić information content (AvgIpc) is 2.42. The van der Waals surface area contributed by atoms with Crippen LogP contribution in [0.2, 0.25) is 0 Å². The molecule has 19 heavy (non-hydrogen) atoms. The number of Topliss-reactive ketones (excluding diaryl/α,β-unsaturated/α-hetero) is 1. The van der Waals surface area contributed by atoms with Crippen molar-refractivity contribution in [3.63, 3.8) is 0 Å². The minimum absolute atomic E-state index is 0.0962. The molecule has 2 unspecified atom stereocenters. The van der Waals surface area contributed by atoms with Gasteiger partial charge in [0.1, 0.15) is 6.61 Å². The molecule has 0 heterocycles. The predicted octanol–water partition coefficient (Wildman–Crippen LogP) is 1.83. The van der Waals surface area contributed by atoms with Crippen molar-refractivity contribution in [1.82, 2.24) is 5.43 Å². The van der Waals surface area contributed by atoms with Crippen LogP contribution in [-0.4, -0.2) is 31.1 Å². The van der Waals surface area contributed by atoms with Gasteiger partial charge in [-0.1, -0.05) is 12.2 Å². The van der Waals surface area contributed by atoms with Crippen molar-refractivity contribution >= 4 is 18.5 Å². The molecular formula is C14H22N2O3. The third-order valence-electron chi connectivity index (χ3n) is 3.16. The highest BCUT2D eigenvalue weighted by Crippen LogP contribution is 2.23. The minimum Gasteiger partial charge on any atom is -0.458 e. The molecule has 0 fully saturated rings. The van der Waals surface area contributed by atoms with E-state index in [-0.39, 0.29) is 30.8 Å². The number of nitrogens with zero attached hydrogens (tertiary/aromatic N) is 1. The van der Waals surface area contributed by atoms with Crippen molar-refractivity contribution in [2.75, 3.05) is 6.61 Å². The van der Waals surface area contributed by atoms with Gasteiger partial charge in [0, 0.05) is 13.1 Å². The third kappa shape index (κ3) is 6.18. The zero-order chi connectivity index (χ0) is 14.1. The van der Waals surface area contributed by atoms with Crippen LogP contribution in [0, 0.1) is 5.92 Å². The number of nitrogens with one attached hydrogen (secondary N) is 1. The largest absolute Gasteiger partial charge is 0.458 e. The molecule has 0 radical (unpaired) electrons. The summed E-state index contributed by atoms with van der Waals surface area (Å²) >= 11 is 0. The molecule has 106 valence electrons. The molecule has 1 N–H and O–H groups in total. The molecule has 0 saturated heterocycles. The molecule has 1 aliphatic carbocycles. The second-order valence-corrected chi connectivity index (χ2v) is 4.82. The van der Waals surface area contributed by atoms with Gasteiger partial charge in [-0.3, -0.25) is 9.59 Å². The Morgan fingerprint density at radius 3 is 2.95 bits per heavy atom. The van der Waals surface area contributed by atoms with Crippen LogP contribution in [0.5, 0.6) is 0 Å². The summed E-state index contributed by atoms with van der Waals surface area (Å²) in [5.41, 5.74) is 2.96. The van der Waals surface area contributed by atoms with Crippen molar-refractivity contribution in [3.8, 4) is 0 Å². The highest BCUT2D eigenvalue weighted by Gasteiger charge is 2.21. The number of carbonyl (C=O) groups excluding carboxylic acids is 2. The lowest BCUT2D eigenvalue weighted by Crippen LogP contribution is -2.33. The maximum atomic E-state index is 11.5. The number of carbonyl (C=O) groups is 2. The molecule has 1 rings (SSSR count). The Labute approximate surface area is 114 Å². The smallest absolute Gasteiger partial charge is 0.306 e. The number of rotatable bonds is 8. The van der Waals surface area contributed by atoms with E-state index in [1.54, 1.807) is 0 Å². The Kier molecular flexibility index (Phi) is 6.85. The number of ether oxygens (including phenoxy) is 1. The second-order valence-electron chi connectivity index (χ2n) is 4.82. The summed E-state index contributed by atoms with van der Waals surface area (Å²) in [7, 11) is 0. The van der Waals surface area contributed by atoms with Gasteiger partial charge in [-0.15, -0.1) is 0 Å². The number of hydrogen-bond acceptors (Lipinski definition) is 5. The summed E-state index contributed by atoms with van der Waals surface area (Å²) in [6.07, 6.45) is 8.62. The molecule has 5 nitrogen and oxygen atoms in total. The Morgan fingerprint density at radius 2 is 2.37 bits per heavy atom. The summed E-state index contributed by atoms with van der Waals surface area (Å²) < 4.78 is 4.84. The van der Waals surface area contributed by atoms with Crippen molar-refractivity contribution < 1.29 is 14.3 Å². The van der Waals surface area contributed by atoms with E-state index in [4.69, 9.17) is 4.74 Å². The van der Waals surface area contributed by atoms with Crippen LogP contribution in [-0.2, 0) is 14.3 Å². The molecule has 0 saturated carbocycles. The third-order valence-corrected chi connectivity index (χ3v) is 3.16. The maximum Gasteiger partial charge on any atom is 0.306 e. The SMILES string of the molecule is C=NNC(CCC(=O)OCC(C)=O)C1C=CCCC1. The first-order valence-corrected chi connectivity index (χ1v) is 6.66. The fraction of sp³-hybridized carbons (Fsp3) is 0.643. The lowest BCUT2D eigenvalue weighted by atomic mass is 9.87. The van der Waals surface area contributed by atoms with Crippen molar-refractivity contribution in [1.29, 1.82) is 0 Å². The topological polar surface area (TPSA) is 67.8 Å². The Hall–Kier alpha value is -1.65. The molecule has 0 aromatic carbocycles. The van der Waals surface area contributed by atoms with Gasteiger partial charge in [0.25, 0.3) is 0 Å². The van der Waals surface area contributed by atoms with Crippen LogP contribution >= 0.6 is 0 Å². The zero-order valence-electron chi connectivity index (χ0n) is 11.4. The van der Waals surface area contributed by atoms with Crippen LogP contribution < -0.4 is 5.43 Å². The Bertz CT molecular complexity index is 353. The summed E-state index contributed by atoms with van der Waals surface area (Å²) in [6.45, 7) is 4.69. The fourth-order valence-corrected chi connectivity index (χ4v) is 2.19. The van der Waals surface area contributed by atoms with Crippen LogP contribution in [0.4, 0.5) is 0 Å². The first-order valence-electron chi connectivity index (χ1n) is 6.66. The highest BCUT2D eigenvalue weighted by atomic mass is 16.5. The molecule has 2 atom stereocenters. The van der Waals surface area contributed by atoms with E-state index in [9.17, 15) is 9.59 Å². The van der Waals surface area contributed by atoms with E-state index < -0.39 is 0 Å². The molecule has 0 aliphatic heterocycles. The number of hydrazone groups is 1. The average molecular weight is 266 g/mol. The first kappa shape index (κ1) is 15.4. The molecule has 0 aromatic rings. The number of ketones is 1. The first-order chi connectivity index (χ1) is 9.13. The van der Waals surface area contributed by atoms with E-state index in [2.05, 4.69) is 29.4 Å². The van der Waals surface area contributed by atoms with Crippen LogP contribution in [0.15, 0.2) is 17.3 Å². The maximum absolute atomic E-state index is 11.5. The molecular weight excluding hydrogens is 244 g/mol. The monoisotopic (exact) mass is 266 g/mol. The van der Waals surface area contributed by atoms with Gasteiger partial charge in [0.15, 0.2) is 5.78 Å². The van der Waals surface area contributed by atoms with E-state index in [1.807, 2.05) is 0 Å². The molecule has 0 bridgehead atoms. The molecule has 0 aromatic heterocycles. The highest BCUT2D eigenvalue weighted by molar-refractivity contribution is 5.80.